The maximum absolute atomic E-state index is 10.3. The second kappa shape index (κ2) is 17.7. The van der Waals surface area contributed by atoms with Crippen LogP contribution in [0.15, 0.2) is 36.5 Å². The first-order valence-electron chi connectivity index (χ1n) is 8.94. The van der Waals surface area contributed by atoms with Crippen LogP contribution in [0.3, 0.4) is 0 Å². The van der Waals surface area contributed by atoms with Gasteiger partial charge in [0.2, 0.25) is 0 Å². The summed E-state index contributed by atoms with van der Waals surface area (Å²) in [5.74, 6) is -0.703. The van der Waals surface area contributed by atoms with Gasteiger partial charge in [-0.1, -0.05) is 62.6 Å². The standard InChI is InChI=1S/C20H34O2/c1-2-3-4-5-6-7-8-9-10-11-12-13-14-15-16-17-18-19-20(21)22/h3-4,12-13,15-16H,2,5-11,14,17-19H2,1H3,(H,21,22)/b4-3+,13-12+,16-15+. The number of hydrogen-bond acceptors (Lipinski definition) is 1. The van der Waals surface area contributed by atoms with Gasteiger partial charge < -0.3 is 5.11 Å². The number of rotatable bonds is 15. The highest BCUT2D eigenvalue weighted by molar-refractivity contribution is 5.66. The minimum atomic E-state index is -0.703. The van der Waals surface area contributed by atoms with E-state index in [0.29, 0.717) is 0 Å². The van der Waals surface area contributed by atoms with Crippen molar-refractivity contribution in [3.8, 4) is 0 Å². The van der Waals surface area contributed by atoms with Crippen molar-refractivity contribution in [1.29, 1.82) is 0 Å². The molecule has 22 heavy (non-hydrogen) atoms. The van der Waals surface area contributed by atoms with Gasteiger partial charge in [0, 0.05) is 6.42 Å². The first-order chi connectivity index (χ1) is 10.8. The molecule has 0 saturated heterocycles. The van der Waals surface area contributed by atoms with Crippen molar-refractivity contribution in [3.05, 3.63) is 36.5 Å². The van der Waals surface area contributed by atoms with Crippen LogP contribution in [-0.4, -0.2) is 11.1 Å². The largest absolute Gasteiger partial charge is 0.481 e. The van der Waals surface area contributed by atoms with Crippen molar-refractivity contribution < 1.29 is 9.90 Å². The van der Waals surface area contributed by atoms with Crippen LogP contribution in [0.2, 0.25) is 0 Å². The molecule has 0 heterocycles. The van der Waals surface area contributed by atoms with Gasteiger partial charge in [-0.25, -0.2) is 0 Å². The summed E-state index contributed by atoms with van der Waals surface area (Å²) < 4.78 is 0. The maximum Gasteiger partial charge on any atom is 0.303 e. The zero-order valence-corrected chi connectivity index (χ0v) is 14.3. The maximum atomic E-state index is 10.3. The normalized spacial score (nSPS) is 12.0. The first-order valence-corrected chi connectivity index (χ1v) is 8.94. The van der Waals surface area contributed by atoms with E-state index in [0.717, 1.165) is 25.7 Å². The summed E-state index contributed by atoms with van der Waals surface area (Å²) in [6.07, 6.45) is 26.4. The van der Waals surface area contributed by atoms with Crippen LogP contribution in [0.5, 0.6) is 0 Å². The monoisotopic (exact) mass is 306 g/mol. The van der Waals surface area contributed by atoms with E-state index in [1.54, 1.807) is 0 Å². The van der Waals surface area contributed by atoms with Crippen LogP contribution in [0, 0.1) is 0 Å². The lowest BCUT2D eigenvalue weighted by molar-refractivity contribution is -0.137. The minimum Gasteiger partial charge on any atom is -0.481 e. The number of unbranched alkanes of at least 4 members (excludes halogenated alkanes) is 7. The van der Waals surface area contributed by atoms with E-state index in [4.69, 9.17) is 5.11 Å². The van der Waals surface area contributed by atoms with Gasteiger partial charge in [0.15, 0.2) is 0 Å². The van der Waals surface area contributed by atoms with Crippen molar-refractivity contribution in [2.45, 2.75) is 84.0 Å². The molecule has 0 radical (unpaired) electrons. The van der Waals surface area contributed by atoms with Gasteiger partial charge in [0.1, 0.15) is 0 Å². The number of carbonyl (C=O) groups is 1. The molecule has 0 aliphatic carbocycles. The van der Waals surface area contributed by atoms with E-state index >= 15 is 0 Å². The molecule has 0 aromatic rings. The highest BCUT2D eigenvalue weighted by atomic mass is 16.4. The average Bonchev–Trinajstić information content (AvgIpc) is 2.50. The second-order valence-corrected chi connectivity index (χ2v) is 5.69. The molecule has 0 aromatic carbocycles. The average molecular weight is 306 g/mol. The van der Waals surface area contributed by atoms with Gasteiger partial charge in [0.05, 0.1) is 0 Å². The Bertz CT molecular complexity index is 327. The molecule has 0 aliphatic rings. The zero-order chi connectivity index (χ0) is 16.3. The summed E-state index contributed by atoms with van der Waals surface area (Å²) in [6.45, 7) is 2.18. The Morgan fingerprint density at radius 3 is 1.77 bits per heavy atom. The number of carboxylic acid groups (broad SMARTS) is 1. The Morgan fingerprint density at radius 2 is 1.23 bits per heavy atom. The molecule has 0 spiro atoms. The quantitative estimate of drug-likeness (QED) is 0.279. The SMILES string of the molecule is CC/C=C/CCCCCCC/C=C/C/C=C/CCCC(=O)O. The highest BCUT2D eigenvalue weighted by Gasteiger charge is 1.92. The Morgan fingerprint density at radius 1 is 0.727 bits per heavy atom. The van der Waals surface area contributed by atoms with Gasteiger partial charge in [-0.2, -0.15) is 0 Å². The number of aliphatic carboxylic acids is 1. The molecule has 0 aliphatic heterocycles. The van der Waals surface area contributed by atoms with Crippen molar-refractivity contribution in [1.82, 2.24) is 0 Å². The van der Waals surface area contributed by atoms with E-state index in [2.05, 4.69) is 43.4 Å². The molecule has 0 fully saturated rings. The molecule has 2 heteroatoms. The van der Waals surface area contributed by atoms with Gasteiger partial charge in [0.25, 0.3) is 0 Å². The molecule has 1 N–H and O–H groups in total. The third kappa shape index (κ3) is 18.7. The zero-order valence-electron chi connectivity index (χ0n) is 14.3. The fourth-order valence-electron chi connectivity index (χ4n) is 2.22. The van der Waals surface area contributed by atoms with Gasteiger partial charge >= 0.3 is 5.97 Å². The van der Waals surface area contributed by atoms with Gasteiger partial charge in [-0.05, 0) is 51.4 Å². The van der Waals surface area contributed by atoms with E-state index in [1.807, 2.05) is 0 Å². The lowest BCUT2D eigenvalue weighted by atomic mass is 10.1. The lowest BCUT2D eigenvalue weighted by Crippen LogP contribution is -1.92. The number of allylic oxidation sites excluding steroid dienone is 6. The summed E-state index contributed by atoms with van der Waals surface area (Å²) >= 11 is 0. The van der Waals surface area contributed by atoms with Crippen molar-refractivity contribution in [2.75, 3.05) is 0 Å². The third-order valence-electron chi connectivity index (χ3n) is 3.51. The Hall–Kier alpha value is -1.31. The molecular weight excluding hydrogens is 272 g/mol. The molecule has 0 bridgehead atoms. The molecule has 0 aromatic heterocycles. The summed E-state index contributed by atoms with van der Waals surface area (Å²) in [4.78, 5) is 10.3. The molecule has 0 unspecified atom stereocenters. The van der Waals surface area contributed by atoms with Crippen molar-refractivity contribution >= 4 is 5.97 Å². The predicted molar refractivity (Wildman–Crippen MR) is 96.1 cm³/mol. The van der Waals surface area contributed by atoms with Crippen LogP contribution < -0.4 is 0 Å². The van der Waals surface area contributed by atoms with Gasteiger partial charge in [-0.15, -0.1) is 0 Å². The molecular formula is C20H34O2. The van der Waals surface area contributed by atoms with Crippen LogP contribution in [0.4, 0.5) is 0 Å². The lowest BCUT2D eigenvalue weighted by Gasteiger charge is -1.98. The topological polar surface area (TPSA) is 37.3 Å². The minimum absolute atomic E-state index is 0.273. The fraction of sp³-hybridized carbons (Fsp3) is 0.650. The second-order valence-electron chi connectivity index (χ2n) is 5.69. The molecule has 0 saturated carbocycles. The Kier molecular flexibility index (Phi) is 16.7. The molecule has 0 rings (SSSR count). The highest BCUT2D eigenvalue weighted by Crippen LogP contribution is 2.08. The van der Waals surface area contributed by atoms with E-state index < -0.39 is 5.97 Å². The first kappa shape index (κ1) is 20.7. The van der Waals surface area contributed by atoms with Crippen molar-refractivity contribution in [3.63, 3.8) is 0 Å². The van der Waals surface area contributed by atoms with E-state index in [9.17, 15) is 4.79 Å². The Balaban J connectivity index is 3.22. The van der Waals surface area contributed by atoms with Crippen LogP contribution in [0.25, 0.3) is 0 Å². The third-order valence-corrected chi connectivity index (χ3v) is 3.51. The van der Waals surface area contributed by atoms with E-state index in [-0.39, 0.29) is 6.42 Å². The van der Waals surface area contributed by atoms with Crippen molar-refractivity contribution in [2.24, 2.45) is 0 Å². The van der Waals surface area contributed by atoms with Crippen LogP contribution in [-0.2, 0) is 4.79 Å². The molecule has 0 atom stereocenters. The molecule has 0 amide bonds. The molecule has 2 nitrogen and oxygen atoms in total. The smallest absolute Gasteiger partial charge is 0.303 e. The predicted octanol–water partition coefficient (Wildman–Crippen LogP) is 6.44. The summed E-state index contributed by atoms with van der Waals surface area (Å²) in [7, 11) is 0. The van der Waals surface area contributed by atoms with E-state index in [1.165, 1.54) is 44.9 Å². The fourth-order valence-corrected chi connectivity index (χ4v) is 2.22. The van der Waals surface area contributed by atoms with Crippen LogP contribution >= 0.6 is 0 Å². The summed E-state index contributed by atoms with van der Waals surface area (Å²) in [5.41, 5.74) is 0. The summed E-state index contributed by atoms with van der Waals surface area (Å²) in [5, 5.41) is 8.50. The summed E-state index contributed by atoms with van der Waals surface area (Å²) in [6, 6.07) is 0. The number of hydrogen-bond donors (Lipinski definition) is 1. The Labute approximate surface area is 137 Å². The molecule has 126 valence electrons. The number of carboxylic acids is 1. The van der Waals surface area contributed by atoms with Crippen LogP contribution in [0.1, 0.15) is 84.0 Å². The van der Waals surface area contributed by atoms with Gasteiger partial charge in [-0.3, -0.25) is 4.79 Å².